The van der Waals surface area contributed by atoms with E-state index < -0.39 is 22.5 Å². The molecule has 2 aromatic rings. The highest BCUT2D eigenvalue weighted by molar-refractivity contribution is 7.89. The molecule has 0 aliphatic carbocycles. The zero-order valence-corrected chi connectivity index (χ0v) is 14.8. The molecular formula is C14H15Cl2N3O4S. The van der Waals surface area contributed by atoms with Gasteiger partial charge in [-0.2, -0.15) is 0 Å². The Morgan fingerprint density at radius 1 is 1.25 bits per heavy atom. The minimum Gasteiger partial charge on any atom is -0.364 e. The van der Waals surface area contributed by atoms with Gasteiger partial charge in [-0.15, -0.1) is 0 Å². The molecule has 0 saturated carbocycles. The van der Waals surface area contributed by atoms with E-state index in [0.29, 0.717) is 19.4 Å². The molecule has 1 heterocycles. The van der Waals surface area contributed by atoms with E-state index in [1.165, 1.54) is 24.5 Å². The monoisotopic (exact) mass is 391 g/mol. The number of hydrogen-bond acceptors (Lipinski definition) is 5. The van der Waals surface area contributed by atoms with Crippen LogP contribution in [0.3, 0.4) is 0 Å². The number of halogens is 2. The van der Waals surface area contributed by atoms with E-state index in [4.69, 9.17) is 27.7 Å². The van der Waals surface area contributed by atoms with Crippen LogP contribution in [-0.2, 0) is 21.2 Å². The van der Waals surface area contributed by atoms with Crippen LogP contribution in [0.15, 0.2) is 40.1 Å². The van der Waals surface area contributed by atoms with Crippen LogP contribution in [0, 0.1) is 0 Å². The first-order chi connectivity index (χ1) is 11.4. The van der Waals surface area contributed by atoms with E-state index in [-0.39, 0.29) is 14.9 Å². The van der Waals surface area contributed by atoms with Crippen molar-refractivity contribution in [3.63, 3.8) is 0 Å². The highest BCUT2D eigenvalue weighted by atomic mass is 35.5. The molecule has 2 N–H and O–H groups in total. The first-order valence-corrected chi connectivity index (χ1v) is 9.22. The lowest BCUT2D eigenvalue weighted by molar-refractivity contribution is -0.119. The maximum atomic E-state index is 12.2. The molecule has 0 saturated heterocycles. The summed E-state index contributed by atoms with van der Waals surface area (Å²) in [4.78, 5) is 11.5. The van der Waals surface area contributed by atoms with Gasteiger partial charge in [0, 0.05) is 12.1 Å². The molecule has 0 spiro atoms. The Balaban J connectivity index is 1.80. The highest BCUT2D eigenvalue weighted by Gasteiger charge is 2.22. The highest BCUT2D eigenvalue weighted by Crippen LogP contribution is 2.28. The lowest BCUT2D eigenvalue weighted by Gasteiger charge is -2.10. The molecule has 0 fully saturated rings. The van der Waals surface area contributed by atoms with Gasteiger partial charge < -0.3 is 9.84 Å². The van der Waals surface area contributed by atoms with Gasteiger partial charge in [-0.25, -0.2) is 13.1 Å². The van der Waals surface area contributed by atoms with Gasteiger partial charge in [0.15, 0.2) is 0 Å². The predicted octanol–water partition coefficient (Wildman–Crippen LogP) is 2.01. The van der Waals surface area contributed by atoms with Crippen molar-refractivity contribution in [3.8, 4) is 0 Å². The van der Waals surface area contributed by atoms with Crippen LogP contribution >= 0.6 is 23.2 Å². The van der Waals surface area contributed by atoms with Crippen LogP contribution in [-0.4, -0.2) is 32.6 Å². The van der Waals surface area contributed by atoms with Gasteiger partial charge in [0.25, 0.3) is 0 Å². The number of nitrogens with zero attached hydrogens (tertiary/aromatic N) is 1. The smallest absolute Gasteiger partial charge is 0.244 e. The molecule has 0 unspecified atom stereocenters. The SMILES string of the molecule is O=C(CNS(=O)(=O)c1c(Cl)cccc1Cl)NCCCc1cnoc1. The normalized spacial score (nSPS) is 11.4. The molecule has 2 rings (SSSR count). The van der Waals surface area contributed by atoms with Gasteiger partial charge in [0.1, 0.15) is 11.2 Å². The molecular weight excluding hydrogens is 377 g/mol. The predicted molar refractivity (Wildman–Crippen MR) is 89.5 cm³/mol. The summed E-state index contributed by atoms with van der Waals surface area (Å²) >= 11 is 11.7. The Morgan fingerprint density at radius 2 is 1.96 bits per heavy atom. The number of hydrogen-bond donors (Lipinski definition) is 2. The Hall–Kier alpha value is -1.61. The molecule has 7 nitrogen and oxygen atoms in total. The molecule has 1 aromatic heterocycles. The van der Waals surface area contributed by atoms with Crippen LogP contribution in [0.5, 0.6) is 0 Å². The third kappa shape index (κ3) is 5.20. The number of carbonyl (C=O) groups excluding carboxylic acids is 1. The average molecular weight is 392 g/mol. The van der Waals surface area contributed by atoms with Crippen molar-refractivity contribution in [1.82, 2.24) is 15.2 Å². The average Bonchev–Trinajstić information content (AvgIpc) is 3.02. The summed E-state index contributed by atoms with van der Waals surface area (Å²) in [5.74, 6) is -0.452. The minimum absolute atomic E-state index is 0.0101. The van der Waals surface area contributed by atoms with Crippen LogP contribution in [0.2, 0.25) is 10.0 Å². The summed E-state index contributed by atoms with van der Waals surface area (Å²) in [5.41, 5.74) is 0.929. The van der Waals surface area contributed by atoms with Gasteiger partial charge in [0.2, 0.25) is 15.9 Å². The Morgan fingerprint density at radius 3 is 2.58 bits per heavy atom. The fraction of sp³-hybridized carbons (Fsp3) is 0.286. The van der Waals surface area contributed by atoms with Crippen molar-refractivity contribution in [3.05, 3.63) is 46.3 Å². The lowest BCUT2D eigenvalue weighted by atomic mass is 10.2. The fourth-order valence-electron chi connectivity index (χ4n) is 1.90. The zero-order chi connectivity index (χ0) is 17.6. The lowest BCUT2D eigenvalue weighted by Crippen LogP contribution is -2.37. The van der Waals surface area contributed by atoms with Crippen LogP contribution in [0.4, 0.5) is 0 Å². The number of rotatable bonds is 8. The van der Waals surface area contributed by atoms with Gasteiger partial charge in [-0.05, 0) is 25.0 Å². The molecule has 0 bridgehead atoms. The van der Waals surface area contributed by atoms with Gasteiger partial charge in [-0.3, -0.25) is 4.79 Å². The van der Waals surface area contributed by atoms with Gasteiger partial charge in [-0.1, -0.05) is 34.4 Å². The molecule has 0 radical (unpaired) electrons. The van der Waals surface area contributed by atoms with E-state index in [9.17, 15) is 13.2 Å². The molecule has 130 valence electrons. The third-order valence-corrected chi connectivity index (χ3v) is 5.41. The quantitative estimate of drug-likeness (QED) is 0.670. The van der Waals surface area contributed by atoms with Crippen LogP contribution in [0.1, 0.15) is 12.0 Å². The van der Waals surface area contributed by atoms with E-state index in [1.54, 1.807) is 6.20 Å². The first kappa shape index (κ1) is 18.7. The van der Waals surface area contributed by atoms with Crippen molar-refractivity contribution in [2.45, 2.75) is 17.7 Å². The first-order valence-electron chi connectivity index (χ1n) is 6.99. The number of carbonyl (C=O) groups is 1. The Labute approximate surface area is 149 Å². The van der Waals surface area contributed by atoms with Crippen molar-refractivity contribution in [1.29, 1.82) is 0 Å². The van der Waals surface area contributed by atoms with Crippen LogP contribution < -0.4 is 10.0 Å². The molecule has 0 atom stereocenters. The zero-order valence-electron chi connectivity index (χ0n) is 12.5. The summed E-state index contributed by atoms with van der Waals surface area (Å²) in [6, 6.07) is 4.35. The molecule has 0 aliphatic rings. The maximum absolute atomic E-state index is 12.2. The van der Waals surface area contributed by atoms with Crippen molar-refractivity contribution in [2.75, 3.05) is 13.1 Å². The number of aryl methyl sites for hydroxylation is 1. The summed E-state index contributed by atoms with van der Waals surface area (Å²) < 4.78 is 31.2. The van der Waals surface area contributed by atoms with E-state index >= 15 is 0 Å². The maximum Gasteiger partial charge on any atom is 0.244 e. The second-order valence-electron chi connectivity index (χ2n) is 4.86. The summed E-state index contributed by atoms with van der Waals surface area (Å²) in [6.45, 7) is -0.00422. The van der Waals surface area contributed by atoms with Gasteiger partial charge >= 0.3 is 0 Å². The van der Waals surface area contributed by atoms with E-state index in [0.717, 1.165) is 5.56 Å². The number of amides is 1. The summed E-state index contributed by atoms with van der Waals surface area (Å²) in [7, 11) is -3.98. The minimum atomic E-state index is -3.98. The second-order valence-corrected chi connectivity index (χ2v) is 7.38. The van der Waals surface area contributed by atoms with Crippen molar-refractivity contribution >= 4 is 39.1 Å². The topological polar surface area (TPSA) is 101 Å². The van der Waals surface area contributed by atoms with E-state index in [1.807, 2.05) is 0 Å². The Kier molecular flexibility index (Phi) is 6.61. The number of benzene rings is 1. The number of aromatic nitrogens is 1. The second kappa shape index (κ2) is 8.48. The van der Waals surface area contributed by atoms with Crippen molar-refractivity contribution in [2.24, 2.45) is 0 Å². The standard InChI is InChI=1S/C14H15Cl2N3O4S/c15-11-4-1-5-12(16)14(11)24(21,22)19-8-13(20)17-6-2-3-10-7-18-23-9-10/h1,4-5,7,9,19H,2-3,6,8H2,(H,17,20). The van der Waals surface area contributed by atoms with Crippen molar-refractivity contribution < 1.29 is 17.7 Å². The number of sulfonamides is 1. The Bertz CT molecular complexity index is 774. The molecule has 1 amide bonds. The van der Waals surface area contributed by atoms with E-state index in [2.05, 4.69) is 15.2 Å². The fourth-order valence-corrected chi connectivity index (χ4v) is 4.03. The van der Waals surface area contributed by atoms with Gasteiger partial charge in [0.05, 0.1) is 22.8 Å². The largest absolute Gasteiger partial charge is 0.364 e. The third-order valence-electron chi connectivity index (χ3n) is 3.06. The molecule has 10 heteroatoms. The molecule has 0 aliphatic heterocycles. The molecule has 24 heavy (non-hydrogen) atoms. The summed E-state index contributed by atoms with van der Waals surface area (Å²) in [5, 5.41) is 6.17. The van der Waals surface area contributed by atoms with Crippen LogP contribution in [0.25, 0.3) is 0 Å². The molecule has 1 aromatic carbocycles. The summed E-state index contributed by atoms with van der Waals surface area (Å²) in [6.07, 6.45) is 4.51. The number of nitrogens with one attached hydrogen (secondary N) is 2.